The van der Waals surface area contributed by atoms with E-state index in [0.717, 1.165) is 16.7 Å². The Morgan fingerprint density at radius 1 is 0.919 bits per heavy atom. The second-order valence-corrected chi connectivity index (χ2v) is 9.86. The number of fused-ring (bicyclic) bond motifs is 1. The minimum absolute atomic E-state index is 0.154. The number of rotatable bonds is 8. The molecule has 2 heterocycles. The van der Waals surface area contributed by atoms with Crippen molar-refractivity contribution in [3.8, 4) is 0 Å². The Hall–Kier alpha value is -3.88. The smallest absolute Gasteiger partial charge is 0.334 e. The highest BCUT2D eigenvalue weighted by atomic mass is 32.2. The predicted molar refractivity (Wildman–Crippen MR) is 140 cm³/mol. The van der Waals surface area contributed by atoms with Crippen molar-refractivity contribution in [2.24, 2.45) is 0 Å². The molecule has 3 aromatic carbocycles. The van der Waals surface area contributed by atoms with Crippen LogP contribution in [0.4, 0.5) is 0 Å². The number of aliphatic hydroxyl groups is 1. The number of benzene rings is 3. The molecule has 37 heavy (non-hydrogen) atoms. The van der Waals surface area contributed by atoms with E-state index in [2.05, 4.69) is 5.32 Å². The molecule has 1 unspecified atom stereocenters. The average Bonchev–Trinajstić information content (AvgIpc) is 2.95. The molecule has 3 atom stereocenters. The van der Waals surface area contributed by atoms with Gasteiger partial charge in [0.2, 0.25) is 11.8 Å². The number of hydrogen-bond donors (Lipinski definition) is 2. The third kappa shape index (κ3) is 5.16. The van der Waals surface area contributed by atoms with Crippen LogP contribution in [0.2, 0.25) is 0 Å². The zero-order valence-corrected chi connectivity index (χ0v) is 20.7. The highest BCUT2D eigenvalue weighted by molar-refractivity contribution is 8.02. The lowest BCUT2D eigenvalue weighted by Gasteiger charge is -2.51. The Labute approximate surface area is 219 Å². The number of nitrogens with zero attached hydrogens (tertiary/aromatic N) is 1. The van der Waals surface area contributed by atoms with E-state index in [0.29, 0.717) is 5.57 Å². The second kappa shape index (κ2) is 11.0. The molecule has 8 heteroatoms. The highest BCUT2D eigenvalue weighted by Gasteiger charge is 2.56. The quantitative estimate of drug-likeness (QED) is 0.354. The van der Waals surface area contributed by atoms with E-state index >= 15 is 0 Å². The molecule has 2 aliphatic heterocycles. The standard InChI is InChI=1S/C29H26N2O5S/c32-17-22-18-37-28-24(30-23(33)16-19-10-4-1-5-11-19)27(34)31(28)25(22)29(35)36-26(20-12-6-2-7-13-20)21-14-8-3-9-15-21/h1-15,18,24-26,28,32H,16-17H2,(H,30,33)/t24-,25?,28-/m1/s1. The van der Waals surface area contributed by atoms with Crippen LogP contribution in [0.3, 0.4) is 0 Å². The first-order valence-corrected chi connectivity index (χ1v) is 12.9. The van der Waals surface area contributed by atoms with Crippen molar-refractivity contribution in [3.63, 3.8) is 0 Å². The minimum atomic E-state index is -1.07. The van der Waals surface area contributed by atoms with Gasteiger partial charge in [0.1, 0.15) is 11.4 Å². The predicted octanol–water partition coefficient (Wildman–Crippen LogP) is 3.21. The largest absolute Gasteiger partial charge is 0.451 e. The second-order valence-electron chi connectivity index (χ2n) is 8.87. The maximum atomic E-state index is 13.6. The van der Waals surface area contributed by atoms with Crippen molar-refractivity contribution in [1.29, 1.82) is 0 Å². The number of esters is 1. The van der Waals surface area contributed by atoms with Crippen LogP contribution in [0, 0.1) is 0 Å². The summed E-state index contributed by atoms with van der Waals surface area (Å²) in [6.45, 7) is -0.393. The van der Waals surface area contributed by atoms with Gasteiger partial charge in [-0.1, -0.05) is 91.0 Å². The summed E-state index contributed by atoms with van der Waals surface area (Å²) in [7, 11) is 0. The Bertz CT molecular complexity index is 1260. The van der Waals surface area contributed by atoms with Crippen LogP contribution < -0.4 is 5.32 Å². The van der Waals surface area contributed by atoms with E-state index in [4.69, 9.17) is 4.74 Å². The summed E-state index contributed by atoms with van der Waals surface area (Å²) < 4.78 is 6.01. The van der Waals surface area contributed by atoms with Crippen molar-refractivity contribution in [3.05, 3.63) is 119 Å². The van der Waals surface area contributed by atoms with Gasteiger partial charge in [0.15, 0.2) is 12.1 Å². The molecule has 0 radical (unpaired) electrons. The Morgan fingerprint density at radius 2 is 1.49 bits per heavy atom. The molecule has 7 nitrogen and oxygen atoms in total. The van der Waals surface area contributed by atoms with Crippen molar-refractivity contribution in [2.45, 2.75) is 30.0 Å². The molecular formula is C29H26N2O5S. The first-order chi connectivity index (χ1) is 18.1. The van der Waals surface area contributed by atoms with Crippen molar-refractivity contribution in [2.75, 3.05) is 6.61 Å². The number of carbonyl (C=O) groups excluding carboxylic acids is 3. The molecule has 0 spiro atoms. The topological polar surface area (TPSA) is 95.9 Å². The Balaban J connectivity index is 1.34. The van der Waals surface area contributed by atoms with Crippen molar-refractivity contribution >= 4 is 29.5 Å². The molecule has 0 aromatic heterocycles. The monoisotopic (exact) mass is 514 g/mol. The molecule has 5 rings (SSSR count). The van der Waals surface area contributed by atoms with Crippen molar-refractivity contribution < 1.29 is 24.2 Å². The van der Waals surface area contributed by atoms with Gasteiger partial charge in [0, 0.05) is 0 Å². The zero-order chi connectivity index (χ0) is 25.8. The summed E-state index contributed by atoms with van der Waals surface area (Å²) in [5, 5.41) is 14.0. The zero-order valence-electron chi connectivity index (χ0n) is 19.9. The molecular weight excluding hydrogens is 488 g/mol. The lowest BCUT2D eigenvalue weighted by atomic mass is 9.97. The van der Waals surface area contributed by atoms with Crippen LogP contribution in [-0.2, 0) is 25.5 Å². The number of amides is 2. The van der Waals surface area contributed by atoms with E-state index < -0.39 is 36.1 Å². The lowest BCUT2D eigenvalue weighted by molar-refractivity contribution is -0.165. The number of β-lactam (4-membered cyclic amide) rings is 1. The van der Waals surface area contributed by atoms with E-state index in [9.17, 15) is 19.5 Å². The van der Waals surface area contributed by atoms with Crippen LogP contribution in [0.15, 0.2) is 102 Å². The molecule has 2 aliphatic rings. The third-order valence-electron chi connectivity index (χ3n) is 6.44. The number of nitrogens with one attached hydrogen (secondary N) is 1. The fourth-order valence-electron chi connectivity index (χ4n) is 4.60. The third-order valence-corrected chi connectivity index (χ3v) is 7.65. The van der Waals surface area contributed by atoms with Gasteiger partial charge in [-0.15, -0.1) is 11.8 Å². The van der Waals surface area contributed by atoms with Crippen LogP contribution in [0.1, 0.15) is 22.8 Å². The number of ether oxygens (including phenoxy) is 1. The summed E-state index contributed by atoms with van der Waals surface area (Å²) in [5.41, 5.74) is 2.81. The van der Waals surface area contributed by atoms with Crippen LogP contribution in [0.5, 0.6) is 0 Å². The molecule has 0 aliphatic carbocycles. The van der Waals surface area contributed by atoms with Crippen LogP contribution in [-0.4, -0.2) is 51.9 Å². The van der Waals surface area contributed by atoms with E-state index in [1.165, 1.54) is 16.7 Å². The maximum Gasteiger partial charge on any atom is 0.334 e. The SMILES string of the molecule is O=C(Cc1ccccc1)N[C@@H]1C(=O)N2C(C(=O)OC(c3ccccc3)c3ccccc3)C(CO)=CS[C@H]12. The summed E-state index contributed by atoms with van der Waals surface area (Å²) in [6.07, 6.45) is -0.526. The van der Waals surface area contributed by atoms with Crippen molar-refractivity contribution in [1.82, 2.24) is 10.2 Å². The minimum Gasteiger partial charge on any atom is -0.451 e. The first kappa shape index (κ1) is 24.8. The fourth-order valence-corrected chi connectivity index (χ4v) is 5.81. The van der Waals surface area contributed by atoms with Gasteiger partial charge in [-0.05, 0) is 27.7 Å². The van der Waals surface area contributed by atoms with E-state index in [1.807, 2.05) is 91.0 Å². The average molecular weight is 515 g/mol. The highest BCUT2D eigenvalue weighted by Crippen LogP contribution is 2.41. The van der Waals surface area contributed by atoms with Gasteiger partial charge >= 0.3 is 5.97 Å². The summed E-state index contributed by atoms with van der Waals surface area (Å²) in [4.78, 5) is 40.7. The molecule has 0 bridgehead atoms. The van der Waals surface area contributed by atoms with Crippen LogP contribution in [0.25, 0.3) is 0 Å². The molecule has 3 aromatic rings. The number of thioether (sulfide) groups is 1. The van der Waals surface area contributed by atoms with Gasteiger partial charge in [0.05, 0.1) is 13.0 Å². The van der Waals surface area contributed by atoms with Gasteiger partial charge in [-0.25, -0.2) is 4.79 Å². The molecule has 1 fully saturated rings. The molecule has 2 N–H and O–H groups in total. The summed E-state index contributed by atoms with van der Waals surface area (Å²) in [5.74, 6) is -1.28. The molecule has 0 saturated carbocycles. The molecule has 1 saturated heterocycles. The number of carbonyl (C=O) groups is 3. The first-order valence-electron chi connectivity index (χ1n) is 12.0. The van der Waals surface area contributed by atoms with E-state index in [1.54, 1.807) is 5.41 Å². The van der Waals surface area contributed by atoms with Gasteiger partial charge in [0.25, 0.3) is 0 Å². The lowest BCUT2D eigenvalue weighted by Crippen LogP contribution is -2.74. The Kier molecular flexibility index (Phi) is 7.39. The summed E-state index contributed by atoms with van der Waals surface area (Å²) >= 11 is 1.30. The number of hydrogen-bond acceptors (Lipinski definition) is 6. The summed E-state index contributed by atoms with van der Waals surface area (Å²) in [6, 6.07) is 26.2. The number of aliphatic hydroxyl groups excluding tert-OH is 1. The maximum absolute atomic E-state index is 13.6. The van der Waals surface area contributed by atoms with Gasteiger partial charge in [-0.2, -0.15) is 0 Å². The molecule has 2 amide bonds. The van der Waals surface area contributed by atoms with Gasteiger partial charge < -0.3 is 20.1 Å². The fraction of sp³-hybridized carbons (Fsp3) is 0.207. The van der Waals surface area contributed by atoms with Crippen LogP contribution >= 0.6 is 11.8 Å². The normalized spacial score (nSPS) is 20.5. The Morgan fingerprint density at radius 3 is 2.05 bits per heavy atom. The van der Waals surface area contributed by atoms with E-state index in [-0.39, 0.29) is 18.2 Å². The van der Waals surface area contributed by atoms with Gasteiger partial charge in [-0.3, -0.25) is 9.59 Å². The molecule has 188 valence electrons.